The standard InChI is InChI=1S/C10H22O4Si/c1-8(13-6-10-7-14-10)5-9(2)15(11-3)12-4/h8-10,15H,5-7H2,1-4H3. The molecule has 0 N–H and O–H groups in total. The van der Waals surface area contributed by atoms with Gasteiger partial charge < -0.3 is 18.3 Å². The highest BCUT2D eigenvalue weighted by atomic mass is 28.3. The molecule has 3 atom stereocenters. The van der Waals surface area contributed by atoms with Crippen LogP contribution in [-0.2, 0) is 18.3 Å². The van der Waals surface area contributed by atoms with Crippen molar-refractivity contribution in [3.8, 4) is 0 Å². The first-order valence-corrected chi connectivity index (χ1v) is 7.07. The van der Waals surface area contributed by atoms with Gasteiger partial charge in [0.05, 0.1) is 19.3 Å². The van der Waals surface area contributed by atoms with Crippen LogP contribution in [0.25, 0.3) is 0 Å². The molecule has 3 unspecified atom stereocenters. The van der Waals surface area contributed by atoms with Gasteiger partial charge in [0.2, 0.25) is 0 Å². The Kier molecular flexibility index (Phi) is 5.77. The number of rotatable bonds is 8. The maximum absolute atomic E-state index is 5.66. The molecular formula is C10H22O4Si. The Hall–Kier alpha value is 0.0569. The summed E-state index contributed by atoms with van der Waals surface area (Å²) in [4.78, 5) is 0. The summed E-state index contributed by atoms with van der Waals surface area (Å²) in [6.07, 6.45) is 1.59. The average molecular weight is 234 g/mol. The maximum atomic E-state index is 5.66. The van der Waals surface area contributed by atoms with Gasteiger partial charge in [-0.3, -0.25) is 0 Å². The van der Waals surface area contributed by atoms with Gasteiger partial charge in [-0.1, -0.05) is 6.92 Å². The molecule has 0 amide bonds. The first-order valence-electron chi connectivity index (χ1n) is 5.46. The lowest BCUT2D eigenvalue weighted by atomic mass is 10.2. The molecule has 0 bridgehead atoms. The van der Waals surface area contributed by atoms with Crippen LogP contribution in [-0.4, -0.2) is 48.9 Å². The minimum atomic E-state index is -1.49. The van der Waals surface area contributed by atoms with E-state index in [0.29, 0.717) is 11.6 Å². The lowest BCUT2D eigenvalue weighted by Crippen LogP contribution is -2.27. The number of hydrogen-bond donors (Lipinski definition) is 0. The zero-order valence-electron chi connectivity index (χ0n) is 10.1. The molecule has 0 aromatic carbocycles. The van der Waals surface area contributed by atoms with Crippen molar-refractivity contribution in [2.24, 2.45) is 0 Å². The number of epoxide rings is 1. The molecule has 0 radical (unpaired) electrons. The van der Waals surface area contributed by atoms with E-state index >= 15 is 0 Å². The van der Waals surface area contributed by atoms with Gasteiger partial charge in [0, 0.05) is 14.2 Å². The highest BCUT2D eigenvalue weighted by Gasteiger charge is 2.26. The van der Waals surface area contributed by atoms with E-state index in [1.807, 2.05) is 0 Å². The third kappa shape index (κ3) is 5.08. The van der Waals surface area contributed by atoms with Gasteiger partial charge in [-0.05, 0) is 18.9 Å². The molecule has 90 valence electrons. The van der Waals surface area contributed by atoms with Crippen LogP contribution >= 0.6 is 0 Å². The first-order chi connectivity index (χ1) is 7.17. The smallest absolute Gasteiger partial charge is 0.323 e. The van der Waals surface area contributed by atoms with Gasteiger partial charge in [-0.15, -0.1) is 0 Å². The van der Waals surface area contributed by atoms with Crippen molar-refractivity contribution in [2.75, 3.05) is 27.4 Å². The minimum Gasteiger partial charge on any atom is -0.400 e. The lowest BCUT2D eigenvalue weighted by Gasteiger charge is -2.22. The molecule has 1 saturated heterocycles. The fraction of sp³-hybridized carbons (Fsp3) is 1.00. The predicted molar refractivity (Wildman–Crippen MR) is 60.4 cm³/mol. The molecule has 1 fully saturated rings. The van der Waals surface area contributed by atoms with E-state index in [1.54, 1.807) is 14.2 Å². The quantitative estimate of drug-likeness (QED) is 0.465. The Morgan fingerprint density at radius 1 is 1.33 bits per heavy atom. The molecule has 1 aliphatic rings. The summed E-state index contributed by atoms with van der Waals surface area (Å²) in [7, 11) is 1.96. The molecule has 0 aliphatic carbocycles. The molecule has 1 heterocycles. The summed E-state index contributed by atoms with van der Waals surface area (Å²) < 4.78 is 21.4. The molecule has 0 saturated carbocycles. The highest BCUT2D eigenvalue weighted by Crippen LogP contribution is 2.20. The van der Waals surface area contributed by atoms with Gasteiger partial charge >= 0.3 is 9.28 Å². The average Bonchev–Trinajstić information content (AvgIpc) is 3.00. The van der Waals surface area contributed by atoms with Crippen LogP contribution < -0.4 is 0 Å². The van der Waals surface area contributed by atoms with E-state index < -0.39 is 9.28 Å². The fourth-order valence-electron chi connectivity index (χ4n) is 1.70. The summed E-state index contributed by atoms with van der Waals surface area (Å²) in [6.45, 7) is 5.84. The van der Waals surface area contributed by atoms with Crippen LogP contribution in [0.15, 0.2) is 0 Å². The van der Waals surface area contributed by atoms with Crippen LogP contribution in [0.4, 0.5) is 0 Å². The third-order valence-corrected chi connectivity index (χ3v) is 4.73. The maximum Gasteiger partial charge on any atom is 0.323 e. The summed E-state index contributed by atoms with van der Waals surface area (Å²) in [5.74, 6) is 0. The largest absolute Gasteiger partial charge is 0.400 e. The molecule has 1 aliphatic heterocycles. The Labute approximate surface area is 93.7 Å². The van der Waals surface area contributed by atoms with Crippen LogP contribution in [0.3, 0.4) is 0 Å². The van der Waals surface area contributed by atoms with E-state index in [-0.39, 0.29) is 6.10 Å². The van der Waals surface area contributed by atoms with Crippen LogP contribution in [0.5, 0.6) is 0 Å². The van der Waals surface area contributed by atoms with E-state index in [9.17, 15) is 0 Å². The van der Waals surface area contributed by atoms with Gasteiger partial charge in [0.1, 0.15) is 6.10 Å². The van der Waals surface area contributed by atoms with Gasteiger partial charge in [-0.2, -0.15) is 0 Å². The van der Waals surface area contributed by atoms with Crippen molar-refractivity contribution in [1.29, 1.82) is 0 Å². The Bertz CT molecular complexity index is 171. The van der Waals surface area contributed by atoms with E-state index in [1.165, 1.54) is 0 Å². The number of hydrogen-bond acceptors (Lipinski definition) is 4. The van der Waals surface area contributed by atoms with Crippen molar-refractivity contribution in [1.82, 2.24) is 0 Å². The van der Waals surface area contributed by atoms with Gasteiger partial charge in [0.15, 0.2) is 0 Å². The SMILES string of the molecule is CO[SiH](OC)C(C)CC(C)OCC1CO1. The topological polar surface area (TPSA) is 40.2 Å². The lowest BCUT2D eigenvalue weighted by molar-refractivity contribution is 0.0467. The van der Waals surface area contributed by atoms with Crippen molar-refractivity contribution >= 4 is 9.28 Å². The zero-order valence-corrected chi connectivity index (χ0v) is 11.2. The fourth-order valence-corrected chi connectivity index (χ4v) is 3.43. The van der Waals surface area contributed by atoms with Crippen LogP contribution in [0.1, 0.15) is 20.3 Å². The second-order valence-corrected chi connectivity index (χ2v) is 6.97. The van der Waals surface area contributed by atoms with E-state index in [0.717, 1.165) is 19.6 Å². The zero-order chi connectivity index (χ0) is 11.3. The molecule has 0 aromatic rings. The monoisotopic (exact) mass is 234 g/mol. The second-order valence-electron chi connectivity index (χ2n) is 4.15. The normalized spacial score (nSPS) is 24.2. The van der Waals surface area contributed by atoms with Crippen molar-refractivity contribution in [3.05, 3.63) is 0 Å². The molecule has 4 nitrogen and oxygen atoms in total. The highest BCUT2D eigenvalue weighted by molar-refractivity contribution is 6.46. The van der Waals surface area contributed by atoms with E-state index in [4.69, 9.17) is 18.3 Å². The van der Waals surface area contributed by atoms with Crippen LogP contribution in [0.2, 0.25) is 5.54 Å². The predicted octanol–water partition coefficient (Wildman–Crippen LogP) is 1.08. The molecule has 15 heavy (non-hydrogen) atoms. The molecule has 0 spiro atoms. The van der Waals surface area contributed by atoms with E-state index in [2.05, 4.69) is 13.8 Å². The Balaban J connectivity index is 2.13. The van der Waals surface area contributed by atoms with Gasteiger partial charge in [-0.25, -0.2) is 0 Å². The number of ether oxygens (including phenoxy) is 2. The molecule has 0 aromatic heterocycles. The van der Waals surface area contributed by atoms with Crippen molar-refractivity contribution < 1.29 is 18.3 Å². The van der Waals surface area contributed by atoms with Crippen molar-refractivity contribution in [2.45, 2.75) is 38.0 Å². The van der Waals surface area contributed by atoms with Crippen molar-refractivity contribution in [3.63, 3.8) is 0 Å². The summed E-state index contributed by atoms with van der Waals surface area (Å²) in [5.41, 5.74) is 0.468. The Morgan fingerprint density at radius 3 is 2.40 bits per heavy atom. The molecular weight excluding hydrogens is 212 g/mol. The third-order valence-electron chi connectivity index (χ3n) is 2.60. The van der Waals surface area contributed by atoms with Gasteiger partial charge in [0.25, 0.3) is 0 Å². The Morgan fingerprint density at radius 2 is 1.93 bits per heavy atom. The first kappa shape index (κ1) is 13.1. The minimum absolute atomic E-state index is 0.254. The summed E-state index contributed by atoms with van der Waals surface area (Å²) >= 11 is 0. The second kappa shape index (κ2) is 6.60. The van der Waals surface area contributed by atoms with Crippen LogP contribution in [0, 0.1) is 0 Å². The summed E-state index contributed by atoms with van der Waals surface area (Å²) in [5, 5.41) is 0. The molecule has 5 heteroatoms. The molecule has 1 rings (SSSR count). The summed E-state index contributed by atoms with van der Waals surface area (Å²) in [6, 6.07) is 0.